The molecule has 3 rings (SSSR count). The van der Waals surface area contributed by atoms with Gasteiger partial charge in [-0.3, -0.25) is 4.79 Å². The van der Waals surface area contributed by atoms with Crippen LogP contribution in [0.15, 0.2) is 47.4 Å². The van der Waals surface area contributed by atoms with E-state index >= 15 is 0 Å². The van der Waals surface area contributed by atoms with Crippen molar-refractivity contribution in [3.05, 3.63) is 58.6 Å². The first-order chi connectivity index (χ1) is 14.7. The number of carbonyl (C=O) groups is 1. The van der Waals surface area contributed by atoms with Gasteiger partial charge < -0.3 is 14.4 Å². The van der Waals surface area contributed by atoms with Gasteiger partial charge in [0.05, 0.1) is 24.3 Å². The number of nitrogens with one attached hydrogen (secondary N) is 1. The number of nitrogens with zero attached hydrogens (tertiary/aromatic N) is 1. The summed E-state index contributed by atoms with van der Waals surface area (Å²) in [6.07, 6.45) is 1.57. The van der Waals surface area contributed by atoms with Crippen LogP contribution in [0, 0.1) is 0 Å². The third kappa shape index (κ3) is 5.38. The molecule has 168 valence electrons. The molecule has 0 aromatic heterocycles. The van der Waals surface area contributed by atoms with Gasteiger partial charge in [0.1, 0.15) is 10.6 Å². The molecule has 2 unspecified atom stereocenters. The predicted octanol–water partition coefficient (Wildman–Crippen LogP) is 3.64. The summed E-state index contributed by atoms with van der Waals surface area (Å²) >= 11 is 6.17. The second-order valence-electron chi connectivity index (χ2n) is 7.47. The lowest BCUT2D eigenvalue weighted by Crippen LogP contribution is -2.33. The number of para-hydroxylation sites is 1. The molecule has 2 atom stereocenters. The molecule has 1 aliphatic heterocycles. The second-order valence-corrected chi connectivity index (χ2v) is 9.61. The number of carbonyl (C=O) groups excluding carboxylic acids is 1. The first kappa shape index (κ1) is 23.5. The van der Waals surface area contributed by atoms with Crippen molar-refractivity contribution in [2.24, 2.45) is 0 Å². The van der Waals surface area contributed by atoms with Gasteiger partial charge in [0.25, 0.3) is 5.91 Å². The summed E-state index contributed by atoms with van der Waals surface area (Å²) in [7, 11) is -0.655. The summed E-state index contributed by atoms with van der Waals surface area (Å²) in [4.78, 5) is 14.5. The summed E-state index contributed by atoms with van der Waals surface area (Å²) in [5.74, 6) is 0.345. The van der Waals surface area contributed by atoms with Crippen LogP contribution in [-0.2, 0) is 14.8 Å². The number of methoxy groups -OCH3 is 1. The third-order valence-electron chi connectivity index (χ3n) is 5.48. The molecule has 0 spiro atoms. The van der Waals surface area contributed by atoms with Crippen LogP contribution in [0.1, 0.15) is 41.7 Å². The quantitative estimate of drug-likeness (QED) is 0.642. The molecule has 1 N–H and O–H groups in total. The maximum Gasteiger partial charge on any atom is 0.254 e. The van der Waals surface area contributed by atoms with E-state index in [1.165, 1.54) is 23.1 Å². The minimum Gasteiger partial charge on any atom is -0.496 e. The minimum atomic E-state index is -3.90. The Morgan fingerprint density at radius 1 is 1.32 bits per heavy atom. The van der Waals surface area contributed by atoms with Crippen molar-refractivity contribution in [1.82, 2.24) is 9.62 Å². The largest absolute Gasteiger partial charge is 0.496 e. The lowest BCUT2D eigenvalue weighted by molar-refractivity contribution is 0.0741. The molecule has 0 saturated carbocycles. The highest BCUT2D eigenvalue weighted by Gasteiger charge is 2.26. The van der Waals surface area contributed by atoms with Crippen molar-refractivity contribution in [2.45, 2.75) is 36.8 Å². The maximum atomic E-state index is 13.1. The van der Waals surface area contributed by atoms with Crippen molar-refractivity contribution in [3.8, 4) is 5.75 Å². The Morgan fingerprint density at radius 2 is 2.06 bits per heavy atom. The molecule has 0 radical (unpaired) electrons. The van der Waals surface area contributed by atoms with E-state index in [9.17, 15) is 13.2 Å². The lowest BCUT2D eigenvalue weighted by Gasteiger charge is -2.27. The standard InChI is InChI=1S/C22H27ClN2O5S/c1-15(18-8-4-5-9-20(18)29-3)25(2)22(26)16-10-11-19(23)21(13-16)31(27,28)24-14-17-7-6-12-30-17/h4-5,8-11,13,15,17,24H,6-7,12,14H2,1-3H3. The van der Waals surface area contributed by atoms with E-state index in [-0.39, 0.29) is 40.1 Å². The summed E-state index contributed by atoms with van der Waals surface area (Å²) in [5.41, 5.74) is 1.08. The van der Waals surface area contributed by atoms with Crippen LogP contribution in [0.4, 0.5) is 0 Å². The number of rotatable bonds is 8. The summed E-state index contributed by atoms with van der Waals surface area (Å²) in [5, 5.41) is 0.0526. The fourth-order valence-corrected chi connectivity index (χ4v) is 5.12. The van der Waals surface area contributed by atoms with Crippen molar-refractivity contribution in [2.75, 3.05) is 27.3 Å². The van der Waals surface area contributed by atoms with Crippen LogP contribution in [-0.4, -0.2) is 52.6 Å². The molecule has 7 nitrogen and oxygen atoms in total. The van der Waals surface area contributed by atoms with E-state index in [4.69, 9.17) is 21.1 Å². The normalized spacial score (nSPS) is 17.4. The first-order valence-corrected chi connectivity index (χ1v) is 11.9. The number of benzene rings is 2. The third-order valence-corrected chi connectivity index (χ3v) is 7.39. The van der Waals surface area contributed by atoms with Gasteiger partial charge in [-0.25, -0.2) is 13.1 Å². The molecule has 1 amide bonds. The molecule has 1 heterocycles. The number of ether oxygens (including phenoxy) is 2. The summed E-state index contributed by atoms with van der Waals surface area (Å²) in [6.45, 7) is 2.68. The molecule has 0 bridgehead atoms. The molecule has 31 heavy (non-hydrogen) atoms. The van der Waals surface area contributed by atoms with Gasteiger partial charge in [-0.15, -0.1) is 0 Å². The Balaban J connectivity index is 1.81. The van der Waals surface area contributed by atoms with E-state index in [2.05, 4.69) is 4.72 Å². The Kier molecular flexibility index (Phi) is 7.59. The van der Waals surface area contributed by atoms with Crippen molar-refractivity contribution < 1.29 is 22.7 Å². The van der Waals surface area contributed by atoms with Crippen LogP contribution in [0.25, 0.3) is 0 Å². The van der Waals surface area contributed by atoms with Crippen molar-refractivity contribution in [1.29, 1.82) is 0 Å². The average molecular weight is 467 g/mol. The van der Waals surface area contributed by atoms with Gasteiger partial charge in [0.15, 0.2) is 0 Å². The average Bonchev–Trinajstić information content (AvgIpc) is 3.30. The van der Waals surface area contributed by atoms with E-state index in [1.54, 1.807) is 14.2 Å². The topological polar surface area (TPSA) is 84.9 Å². The van der Waals surface area contributed by atoms with Crippen LogP contribution >= 0.6 is 11.6 Å². The van der Waals surface area contributed by atoms with Crippen molar-refractivity contribution in [3.63, 3.8) is 0 Å². The van der Waals surface area contributed by atoms with Gasteiger partial charge in [-0.2, -0.15) is 0 Å². The van der Waals surface area contributed by atoms with Crippen LogP contribution in [0.5, 0.6) is 5.75 Å². The highest BCUT2D eigenvalue weighted by atomic mass is 35.5. The Hall–Kier alpha value is -2.13. The molecule has 1 saturated heterocycles. The van der Waals surface area contributed by atoms with E-state index in [0.29, 0.717) is 12.4 Å². The SMILES string of the molecule is COc1ccccc1C(C)N(C)C(=O)c1ccc(Cl)c(S(=O)(=O)NCC2CCCO2)c1. The molecular weight excluding hydrogens is 440 g/mol. The molecule has 0 aliphatic carbocycles. The fourth-order valence-electron chi connectivity index (χ4n) is 3.53. The van der Waals surface area contributed by atoms with Gasteiger partial charge in [0.2, 0.25) is 10.0 Å². The number of sulfonamides is 1. The minimum absolute atomic E-state index is 0.0526. The van der Waals surface area contributed by atoms with E-state index in [0.717, 1.165) is 18.4 Å². The first-order valence-electron chi connectivity index (χ1n) is 10.1. The van der Waals surface area contributed by atoms with Gasteiger partial charge in [-0.1, -0.05) is 29.8 Å². The highest BCUT2D eigenvalue weighted by molar-refractivity contribution is 7.89. The number of hydrogen-bond acceptors (Lipinski definition) is 5. The molecule has 2 aromatic carbocycles. The van der Waals surface area contributed by atoms with Gasteiger partial charge in [-0.05, 0) is 44.0 Å². The number of amides is 1. The zero-order chi connectivity index (χ0) is 22.6. The fraction of sp³-hybridized carbons (Fsp3) is 0.409. The van der Waals surface area contributed by atoms with Crippen LogP contribution < -0.4 is 9.46 Å². The van der Waals surface area contributed by atoms with Gasteiger partial charge in [0, 0.05) is 31.3 Å². The second kappa shape index (κ2) is 9.99. The Morgan fingerprint density at radius 3 is 2.74 bits per heavy atom. The van der Waals surface area contributed by atoms with E-state index in [1.807, 2.05) is 31.2 Å². The number of halogens is 1. The van der Waals surface area contributed by atoms with Crippen LogP contribution in [0.2, 0.25) is 5.02 Å². The molecule has 1 aliphatic rings. The smallest absolute Gasteiger partial charge is 0.254 e. The zero-order valence-corrected chi connectivity index (χ0v) is 19.4. The monoisotopic (exact) mass is 466 g/mol. The Bertz CT molecular complexity index is 1040. The van der Waals surface area contributed by atoms with Gasteiger partial charge >= 0.3 is 0 Å². The Labute approximate surface area is 188 Å². The van der Waals surface area contributed by atoms with E-state index < -0.39 is 10.0 Å². The molecule has 9 heteroatoms. The van der Waals surface area contributed by atoms with Crippen LogP contribution in [0.3, 0.4) is 0 Å². The summed E-state index contributed by atoms with van der Waals surface area (Å²) < 4.78 is 39.0. The molecular formula is C22H27ClN2O5S. The maximum absolute atomic E-state index is 13.1. The predicted molar refractivity (Wildman–Crippen MR) is 119 cm³/mol. The zero-order valence-electron chi connectivity index (χ0n) is 17.8. The lowest BCUT2D eigenvalue weighted by atomic mass is 10.0. The molecule has 2 aromatic rings. The van der Waals surface area contributed by atoms with Crippen molar-refractivity contribution >= 4 is 27.5 Å². The number of hydrogen-bond donors (Lipinski definition) is 1. The highest BCUT2D eigenvalue weighted by Crippen LogP contribution is 2.30. The molecule has 1 fully saturated rings. The summed E-state index contributed by atoms with van der Waals surface area (Å²) in [6, 6.07) is 11.4.